The fourth-order valence-corrected chi connectivity index (χ4v) is 3.91. The van der Waals surface area contributed by atoms with Crippen LogP contribution >= 0.6 is 11.8 Å². The van der Waals surface area contributed by atoms with E-state index in [-0.39, 0.29) is 11.7 Å². The van der Waals surface area contributed by atoms with Crippen molar-refractivity contribution in [2.75, 3.05) is 29.5 Å². The summed E-state index contributed by atoms with van der Waals surface area (Å²) >= 11 is 1.99. The normalized spacial score (nSPS) is 15.3. The number of halogens is 1. The molecule has 1 aliphatic rings. The molecule has 128 valence electrons. The van der Waals surface area contributed by atoms with Gasteiger partial charge in [-0.25, -0.2) is 4.39 Å². The van der Waals surface area contributed by atoms with E-state index in [2.05, 4.69) is 27.0 Å². The Kier molecular flexibility index (Phi) is 4.36. The summed E-state index contributed by atoms with van der Waals surface area (Å²) in [4.78, 5) is 9.63. The van der Waals surface area contributed by atoms with Gasteiger partial charge in [0.05, 0.1) is 11.3 Å². The van der Waals surface area contributed by atoms with E-state index in [0.29, 0.717) is 16.5 Å². The maximum atomic E-state index is 13.5. The molecular formula is C19H18FN3OS. The zero-order chi connectivity index (χ0) is 17.2. The van der Waals surface area contributed by atoms with Crippen molar-refractivity contribution in [1.82, 2.24) is 4.98 Å². The molecule has 0 amide bonds. The molecule has 4 nitrogen and oxygen atoms in total. The standard InChI is InChI=1S/C19H18FN3OS/c20-13-1-6-18-16(11-13)17(19(24)22-18)12-21-14-2-4-15(5-3-14)23-7-9-25-10-8-23/h1-6,11-12,22,24H,7-10H2. The molecule has 2 heterocycles. The number of aliphatic imine (C=N–C) groups is 1. The molecule has 0 bridgehead atoms. The van der Waals surface area contributed by atoms with E-state index >= 15 is 0 Å². The largest absolute Gasteiger partial charge is 0.494 e. The molecule has 0 saturated carbocycles. The number of nitrogens with zero attached hydrogens (tertiary/aromatic N) is 2. The van der Waals surface area contributed by atoms with Crippen LogP contribution in [0.25, 0.3) is 10.9 Å². The highest BCUT2D eigenvalue weighted by Gasteiger charge is 2.11. The minimum Gasteiger partial charge on any atom is -0.494 e. The Bertz CT molecular complexity index is 914. The predicted molar refractivity (Wildman–Crippen MR) is 103 cm³/mol. The number of aromatic nitrogens is 1. The highest BCUT2D eigenvalue weighted by atomic mass is 32.2. The second kappa shape index (κ2) is 6.80. The number of hydrogen-bond acceptors (Lipinski definition) is 4. The van der Waals surface area contributed by atoms with E-state index in [0.717, 1.165) is 30.3 Å². The van der Waals surface area contributed by atoms with Crippen LogP contribution in [0.4, 0.5) is 15.8 Å². The SMILES string of the molecule is Oc1[nH]c2ccc(F)cc2c1C=Nc1ccc(N2CCSCC2)cc1. The first kappa shape index (κ1) is 16.0. The minimum absolute atomic E-state index is 0.00760. The number of anilines is 1. The van der Waals surface area contributed by atoms with Crippen molar-refractivity contribution >= 4 is 40.3 Å². The van der Waals surface area contributed by atoms with Crippen LogP contribution in [0.5, 0.6) is 5.88 Å². The van der Waals surface area contributed by atoms with E-state index in [9.17, 15) is 9.50 Å². The van der Waals surface area contributed by atoms with Crippen LogP contribution in [-0.2, 0) is 0 Å². The quantitative estimate of drug-likeness (QED) is 0.688. The van der Waals surface area contributed by atoms with Gasteiger partial charge >= 0.3 is 0 Å². The van der Waals surface area contributed by atoms with Crippen LogP contribution in [0.1, 0.15) is 5.56 Å². The average Bonchev–Trinajstić information content (AvgIpc) is 2.96. The lowest BCUT2D eigenvalue weighted by Crippen LogP contribution is -2.32. The molecule has 0 radical (unpaired) electrons. The first-order valence-electron chi connectivity index (χ1n) is 8.18. The van der Waals surface area contributed by atoms with Crippen LogP contribution in [0.3, 0.4) is 0 Å². The molecule has 4 rings (SSSR count). The third-order valence-electron chi connectivity index (χ3n) is 4.35. The van der Waals surface area contributed by atoms with E-state index < -0.39 is 0 Å². The topological polar surface area (TPSA) is 51.6 Å². The van der Waals surface area contributed by atoms with Crippen LogP contribution in [0.2, 0.25) is 0 Å². The second-order valence-corrected chi connectivity index (χ2v) is 7.18. The Morgan fingerprint density at radius 1 is 1.12 bits per heavy atom. The van der Waals surface area contributed by atoms with Gasteiger partial charge in [0.1, 0.15) is 5.82 Å². The fourth-order valence-electron chi connectivity index (χ4n) is 3.01. The van der Waals surface area contributed by atoms with Crippen LogP contribution in [-0.4, -0.2) is 40.9 Å². The van der Waals surface area contributed by atoms with Crippen molar-refractivity contribution in [2.45, 2.75) is 0 Å². The number of thioether (sulfide) groups is 1. The Labute approximate surface area is 149 Å². The second-order valence-electron chi connectivity index (χ2n) is 5.95. The monoisotopic (exact) mass is 355 g/mol. The van der Waals surface area contributed by atoms with Crippen LogP contribution in [0, 0.1) is 5.82 Å². The lowest BCUT2D eigenvalue weighted by molar-refractivity contribution is 0.457. The first-order chi connectivity index (χ1) is 12.2. The molecule has 0 spiro atoms. The van der Waals surface area contributed by atoms with Crippen molar-refractivity contribution < 1.29 is 9.50 Å². The number of nitrogens with one attached hydrogen (secondary N) is 1. The molecule has 3 aromatic rings. The minimum atomic E-state index is -0.342. The molecule has 2 aromatic carbocycles. The highest BCUT2D eigenvalue weighted by molar-refractivity contribution is 7.99. The first-order valence-corrected chi connectivity index (χ1v) is 9.33. The zero-order valence-corrected chi connectivity index (χ0v) is 14.4. The molecule has 1 aromatic heterocycles. The molecule has 2 N–H and O–H groups in total. The number of aromatic amines is 1. The van der Waals surface area contributed by atoms with Gasteiger partial charge in [0.25, 0.3) is 0 Å². The van der Waals surface area contributed by atoms with Gasteiger partial charge in [0.15, 0.2) is 5.88 Å². The van der Waals surface area contributed by atoms with Crippen molar-refractivity contribution in [3.8, 4) is 5.88 Å². The maximum absolute atomic E-state index is 13.5. The molecule has 25 heavy (non-hydrogen) atoms. The number of rotatable bonds is 3. The van der Waals surface area contributed by atoms with Crippen molar-refractivity contribution in [2.24, 2.45) is 4.99 Å². The lowest BCUT2D eigenvalue weighted by Gasteiger charge is -2.28. The van der Waals surface area contributed by atoms with Gasteiger partial charge in [-0.3, -0.25) is 4.99 Å². The molecule has 1 fully saturated rings. The summed E-state index contributed by atoms with van der Waals surface area (Å²) in [6.07, 6.45) is 1.57. The molecular weight excluding hydrogens is 337 g/mol. The maximum Gasteiger partial charge on any atom is 0.198 e. The summed E-state index contributed by atoms with van der Waals surface area (Å²) in [5.41, 5.74) is 3.17. The summed E-state index contributed by atoms with van der Waals surface area (Å²) in [5.74, 6) is 1.98. The van der Waals surface area contributed by atoms with Gasteiger partial charge in [0.2, 0.25) is 0 Å². The highest BCUT2D eigenvalue weighted by Crippen LogP contribution is 2.27. The average molecular weight is 355 g/mol. The van der Waals surface area contributed by atoms with Crippen molar-refractivity contribution in [3.05, 3.63) is 53.8 Å². The van der Waals surface area contributed by atoms with E-state index in [4.69, 9.17) is 0 Å². The Morgan fingerprint density at radius 3 is 2.64 bits per heavy atom. The van der Waals surface area contributed by atoms with Crippen molar-refractivity contribution in [1.29, 1.82) is 0 Å². The Hall–Kier alpha value is -2.47. The summed E-state index contributed by atoms with van der Waals surface area (Å²) in [7, 11) is 0. The summed E-state index contributed by atoms with van der Waals surface area (Å²) < 4.78 is 13.5. The number of hydrogen-bond donors (Lipinski definition) is 2. The van der Waals surface area contributed by atoms with Gasteiger partial charge in [0, 0.05) is 47.4 Å². The number of H-pyrrole nitrogens is 1. The predicted octanol–water partition coefficient (Wildman–Crippen LogP) is 4.32. The molecule has 0 atom stereocenters. The number of aromatic hydroxyl groups is 1. The van der Waals surface area contributed by atoms with E-state index in [1.165, 1.54) is 17.8 Å². The van der Waals surface area contributed by atoms with Gasteiger partial charge in [-0.05, 0) is 42.5 Å². The molecule has 6 heteroatoms. The Balaban J connectivity index is 1.57. The van der Waals surface area contributed by atoms with Crippen LogP contribution in [0.15, 0.2) is 47.5 Å². The number of fused-ring (bicyclic) bond motifs is 1. The van der Waals surface area contributed by atoms with Crippen LogP contribution < -0.4 is 4.90 Å². The summed E-state index contributed by atoms with van der Waals surface area (Å²) in [5, 5.41) is 10.7. The number of benzene rings is 2. The van der Waals surface area contributed by atoms with Gasteiger partial charge in [-0.15, -0.1) is 0 Å². The molecule has 0 aliphatic carbocycles. The van der Waals surface area contributed by atoms with Gasteiger partial charge in [-0.1, -0.05) is 0 Å². The van der Waals surface area contributed by atoms with E-state index in [1.807, 2.05) is 23.9 Å². The smallest absolute Gasteiger partial charge is 0.198 e. The molecule has 1 aliphatic heterocycles. The zero-order valence-electron chi connectivity index (χ0n) is 13.6. The summed E-state index contributed by atoms with van der Waals surface area (Å²) in [6.45, 7) is 2.14. The van der Waals surface area contributed by atoms with Crippen molar-refractivity contribution in [3.63, 3.8) is 0 Å². The summed E-state index contributed by atoms with van der Waals surface area (Å²) in [6, 6.07) is 12.4. The Morgan fingerprint density at radius 2 is 1.88 bits per heavy atom. The van der Waals surface area contributed by atoms with Gasteiger partial charge in [-0.2, -0.15) is 11.8 Å². The van der Waals surface area contributed by atoms with Gasteiger partial charge < -0.3 is 15.0 Å². The third-order valence-corrected chi connectivity index (χ3v) is 5.29. The van der Waals surface area contributed by atoms with E-state index in [1.54, 1.807) is 12.3 Å². The fraction of sp³-hybridized carbons (Fsp3) is 0.211. The third kappa shape index (κ3) is 3.35. The molecule has 0 unspecified atom stereocenters. The molecule has 1 saturated heterocycles. The lowest BCUT2D eigenvalue weighted by atomic mass is 10.2.